The van der Waals surface area contributed by atoms with Crippen LogP contribution in [0.5, 0.6) is 0 Å². The molecule has 0 bridgehead atoms. The Kier molecular flexibility index (Phi) is 14.3. The Balaban J connectivity index is 0.000000138. The molecule has 0 aliphatic heterocycles. The summed E-state index contributed by atoms with van der Waals surface area (Å²) in [7, 11) is 0. The first-order valence-corrected chi connectivity index (χ1v) is 35.7. The molecule has 0 N–H and O–H groups in total. The van der Waals surface area contributed by atoms with Crippen molar-refractivity contribution in [2.75, 3.05) is 0 Å². The maximum atomic E-state index is 6.48. The number of nitrogens with zero attached hydrogens (tertiary/aromatic N) is 8. The zero-order chi connectivity index (χ0) is 70.5. The Bertz CT molecular complexity index is 7200. The zero-order valence-electron chi connectivity index (χ0n) is 57.3. The number of hydrogen-bond acceptors (Lipinski definition) is 9. The molecule has 0 saturated carbocycles. The van der Waals surface area contributed by atoms with Crippen molar-refractivity contribution in [3.63, 3.8) is 0 Å². The Labute approximate surface area is 611 Å². The summed E-state index contributed by atoms with van der Waals surface area (Å²) in [5, 5.41) is 11.0. The van der Waals surface area contributed by atoms with Crippen molar-refractivity contribution < 1.29 is 13.3 Å². The van der Waals surface area contributed by atoms with E-state index < -0.39 is 0 Å². The van der Waals surface area contributed by atoms with E-state index in [1.807, 2.05) is 146 Å². The van der Waals surface area contributed by atoms with Gasteiger partial charge in [0.25, 0.3) is 0 Å². The van der Waals surface area contributed by atoms with Crippen molar-refractivity contribution in [1.82, 2.24) is 39.0 Å². The van der Waals surface area contributed by atoms with Crippen LogP contribution in [0.4, 0.5) is 0 Å². The van der Waals surface area contributed by atoms with Crippen LogP contribution in [-0.4, -0.2) is 39.0 Å². The lowest BCUT2D eigenvalue weighted by Gasteiger charge is -2.16. The first-order valence-electron chi connectivity index (χ1n) is 35.7. The van der Waals surface area contributed by atoms with Gasteiger partial charge in [-0.2, -0.15) is 9.97 Å². The molecule has 0 unspecified atom stereocenters. The van der Waals surface area contributed by atoms with Crippen LogP contribution < -0.4 is 0 Å². The number of benzene rings is 15. The van der Waals surface area contributed by atoms with Crippen molar-refractivity contribution in [3.8, 4) is 102 Å². The second-order valence-electron chi connectivity index (χ2n) is 26.8. The van der Waals surface area contributed by atoms with Gasteiger partial charge >= 0.3 is 0 Å². The molecule has 0 fully saturated rings. The zero-order valence-corrected chi connectivity index (χ0v) is 57.3. The molecule has 11 heteroatoms. The molecule has 0 aliphatic rings. The topological polar surface area (TPSA) is 127 Å². The molecule has 0 saturated heterocycles. The van der Waals surface area contributed by atoms with Gasteiger partial charge in [0.1, 0.15) is 33.5 Å². The van der Waals surface area contributed by atoms with Crippen LogP contribution in [0.1, 0.15) is 0 Å². The fourth-order valence-corrected chi connectivity index (χ4v) is 15.6. The number of rotatable bonds is 10. The Morgan fingerprint density at radius 3 is 1.12 bits per heavy atom. The maximum Gasteiger partial charge on any atom is 0.238 e. The molecule has 0 aliphatic carbocycles. The van der Waals surface area contributed by atoms with Gasteiger partial charge in [0.2, 0.25) is 5.95 Å². The molecule has 15 aromatic carbocycles. The highest BCUT2D eigenvalue weighted by atomic mass is 16.3. The van der Waals surface area contributed by atoms with Crippen LogP contribution in [0, 0.1) is 0 Å². The van der Waals surface area contributed by atoms with E-state index in [0.717, 1.165) is 171 Å². The molecular formula is C96H58N8O3. The van der Waals surface area contributed by atoms with Gasteiger partial charge < -0.3 is 17.8 Å². The number of furan rings is 3. The highest BCUT2D eigenvalue weighted by molar-refractivity contribution is 6.16. The lowest BCUT2D eigenvalue weighted by Crippen LogP contribution is -2.06. The van der Waals surface area contributed by atoms with E-state index in [4.69, 9.17) is 43.2 Å². The Morgan fingerprint density at radius 2 is 0.570 bits per heavy atom. The summed E-state index contributed by atoms with van der Waals surface area (Å²) in [4.78, 5) is 30.6. The minimum atomic E-state index is 0.544. The van der Waals surface area contributed by atoms with Gasteiger partial charge in [-0.15, -0.1) is 0 Å². The SMILES string of the molecule is c1ccc(-c2nc(-c3cccc4oc5ccccc5c34)nc(-n3c4ccccc4c4cc(-c5cccc6c5oc5ccccc56)ccc43)n2)cc1.c1ccc(-c2nc(-c3ccccc3)nc(-c3ccc(-c4ccccc4)c(-n4c5ccccc5c5cc(-c6cccc7c6oc6ccccc67)ccc54)c3)n2)cc1. The normalized spacial score (nSPS) is 11.7. The van der Waals surface area contributed by atoms with Gasteiger partial charge in [-0.25, -0.2) is 19.9 Å². The molecule has 0 amide bonds. The lowest BCUT2D eigenvalue weighted by molar-refractivity contribution is 0.669. The van der Waals surface area contributed by atoms with Crippen LogP contribution >= 0.6 is 0 Å². The lowest BCUT2D eigenvalue weighted by atomic mass is 9.99. The van der Waals surface area contributed by atoms with Crippen LogP contribution in [0.15, 0.2) is 365 Å². The number of fused-ring (bicyclic) bond motifs is 15. The standard InChI is InChI=1S/C51H32N4O.C45H26N4O2/c1-4-15-33(16-5-1)38-29-27-37(51-53-49(34-17-6-2-7-18-34)52-50(54-51)35-19-8-3-9-20-35)32-46(38)55-44-25-12-10-21-40(44)43-31-36(28-30-45(43)55)39-23-14-24-42-41-22-11-13-26-47(41)56-48(39)42;1-2-12-27(13-3-1)43-46-44(34-19-11-23-40-41(34)33-16-6-9-22-39(33)50-40)48-45(47-43)49-36-20-7-4-14-30(36)35-26-28(24-25-37(35)49)29-17-10-18-32-31-15-5-8-21-38(31)51-42(29)32/h1-32H;1-26H. The molecular weight excluding hydrogens is 1310 g/mol. The molecule has 22 rings (SSSR count). The number of hydrogen-bond donors (Lipinski definition) is 0. The fourth-order valence-electron chi connectivity index (χ4n) is 15.6. The van der Waals surface area contributed by atoms with Crippen molar-refractivity contribution >= 4 is 109 Å². The van der Waals surface area contributed by atoms with E-state index in [9.17, 15) is 0 Å². The molecule has 107 heavy (non-hydrogen) atoms. The van der Waals surface area contributed by atoms with Crippen molar-refractivity contribution in [3.05, 3.63) is 352 Å². The molecule has 22 aromatic rings. The van der Waals surface area contributed by atoms with E-state index in [2.05, 4.69) is 215 Å². The molecule has 0 atom stereocenters. The highest BCUT2D eigenvalue weighted by Gasteiger charge is 2.25. The smallest absolute Gasteiger partial charge is 0.238 e. The monoisotopic (exact) mass is 1370 g/mol. The van der Waals surface area contributed by atoms with Gasteiger partial charge in [-0.3, -0.25) is 4.57 Å². The first kappa shape index (κ1) is 61.0. The fraction of sp³-hybridized carbons (Fsp3) is 0. The van der Waals surface area contributed by atoms with Crippen LogP contribution in [-0.2, 0) is 0 Å². The van der Waals surface area contributed by atoms with Crippen molar-refractivity contribution in [1.29, 1.82) is 0 Å². The third kappa shape index (κ3) is 10.3. The van der Waals surface area contributed by atoms with Crippen LogP contribution in [0.3, 0.4) is 0 Å². The molecule has 7 heterocycles. The molecule has 0 radical (unpaired) electrons. The van der Waals surface area contributed by atoms with Gasteiger partial charge in [0.05, 0.1) is 27.8 Å². The van der Waals surface area contributed by atoms with E-state index >= 15 is 0 Å². The summed E-state index contributed by atoms with van der Waals surface area (Å²) in [5.74, 6) is 3.59. The minimum absolute atomic E-state index is 0.544. The molecule has 500 valence electrons. The quantitative estimate of drug-likeness (QED) is 0.131. The average molecular weight is 1370 g/mol. The van der Waals surface area contributed by atoms with Crippen molar-refractivity contribution in [2.24, 2.45) is 0 Å². The predicted octanol–water partition coefficient (Wildman–Crippen LogP) is 25.0. The first-order chi connectivity index (χ1) is 53.0. The molecule has 11 nitrogen and oxygen atoms in total. The minimum Gasteiger partial charge on any atom is -0.456 e. The van der Waals surface area contributed by atoms with Gasteiger partial charge in [-0.05, 0) is 83.4 Å². The van der Waals surface area contributed by atoms with E-state index in [0.29, 0.717) is 35.1 Å². The van der Waals surface area contributed by atoms with E-state index in [1.165, 1.54) is 5.39 Å². The number of para-hydroxylation sites is 7. The summed E-state index contributed by atoms with van der Waals surface area (Å²) in [6.45, 7) is 0. The highest BCUT2D eigenvalue weighted by Crippen LogP contribution is 2.45. The number of aromatic nitrogens is 8. The molecule has 0 spiro atoms. The molecule has 7 aromatic heterocycles. The summed E-state index contributed by atoms with van der Waals surface area (Å²) in [6.07, 6.45) is 0. The summed E-state index contributed by atoms with van der Waals surface area (Å²) in [5.41, 5.74) is 21.6. The maximum absolute atomic E-state index is 6.48. The Morgan fingerprint density at radius 1 is 0.196 bits per heavy atom. The summed E-state index contributed by atoms with van der Waals surface area (Å²) in [6, 6.07) is 121. The third-order valence-electron chi connectivity index (χ3n) is 20.6. The van der Waals surface area contributed by atoms with Gasteiger partial charge in [-0.1, -0.05) is 285 Å². The van der Waals surface area contributed by atoms with Crippen LogP contribution in [0.25, 0.3) is 211 Å². The van der Waals surface area contributed by atoms with E-state index in [-0.39, 0.29) is 0 Å². The van der Waals surface area contributed by atoms with Crippen LogP contribution in [0.2, 0.25) is 0 Å². The predicted molar refractivity (Wildman–Crippen MR) is 434 cm³/mol. The second-order valence-corrected chi connectivity index (χ2v) is 26.8. The third-order valence-corrected chi connectivity index (χ3v) is 20.6. The summed E-state index contributed by atoms with van der Waals surface area (Å²) >= 11 is 0. The second kappa shape index (κ2) is 25.1. The van der Waals surface area contributed by atoms with Gasteiger partial charge in [0, 0.05) is 98.4 Å². The van der Waals surface area contributed by atoms with Gasteiger partial charge in [0.15, 0.2) is 29.1 Å². The largest absolute Gasteiger partial charge is 0.456 e. The van der Waals surface area contributed by atoms with Crippen molar-refractivity contribution in [2.45, 2.75) is 0 Å². The van der Waals surface area contributed by atoms with E-state index in [1.54, 1.807) is 0 Å². The summed E-state index contributed by atoms with van der Waals surface area (Å²) < 4.78 is 23.7. The Hall–Kier alpha value is -14.7. The average Bonchev–Trinajstić information content (AvgIpc) is 1.62.